The molecule has 0 aliphatic rings. The molecule has 0 aliphatic heterocycles. The van der Waals surface area contributed by atoms with E-state index in [4.69, 9.17) is 15.2 Å². The summed E-state index contributed by atoms with van der Waals surface area (Å²) in [6.07, 6.45) is 0.669. The number of benzene rings is 2. The molecule has 0 saturated heterocycles. The van der Waals surface area contributed by atoms with E-state index in [1.807, 2.05) is 38.1 Å². The van der Waals surface area contributed by atoms with Crippen LogP contribution >= 0.6 is 0 Å². The maximum atomic E-state index is 13.4. The molecule has 2 aromatic rings. The number of nitrogens with two attached hydrogens (primary N) is 1. The van der Waals surface area contributed by atoms with Crippen LogP contribution in [-0.2, 0) is 6.42 Å². The third kappa shape index (κ3) is 4.70. The van der Waals surface area contributed by atoms with Gasteiger partial charge in [0.25, 0.3) is 0 Å². The monoisotopic (exact) mass is 317 g/mol. The van der Waals surface area contributed by atoms with Crippen molar-refractivity contribution >= 4 is 0 Å². The van der Waals surface area contributed by atoms with Crippen molar-refractivity contribution in [2.24, 2.45) is 5.73 Å². The first kappa shape index (κ1) is 17.3. The van der Waals surface area contributed by atoms with Crippen LogP contribution < -0.4 is 15.2 Å². The number of halogens is 1. The van der Waals surface area contributed by atoms with Crippen molar-refractivity contribution in [3.05, 3.63) is 59.4 Å². The molecule has 0 radical (unpaired) electrons. The van der Waals surface area contributed by atoms with Crippen LogP contribution in [-0.4, -0.2) is 19.8 Å². The van der Waals surface area contributed by atoms with E-state index < -0.39 is 0 Å². The van der Waals surface area contributed by atoms with Crippen LogP contribution in [0.5, 0.6) is 11.5 Å². The van der Waals surface area contributed by atoms with Crippen LogP contribution in [0.2, 0.25) is 0 Å². The summed E-state index contributed by atoms with van der Waals surface area (Å²) in [4.78, 5) is 0. The highest BCUT2D eigenvalue weighted by Gasteiger charge is 2.17. The lowest BCUT2D eigenvalue weighted by atomic mass is 9.91. The van der Waals surface area contributed by atoms with Crippen LogP contribution in [0.3, 0.4) is 0 Å². The molecule has 1 unspecified atom stereocenters. The van der Waals surface area contributed by atoms with Gasteiger partial charge in [-0.2, -0.15) is 0 Å². The van der Waals surface area contributed by atoms with Crippen molar-refractivity contribution < 1.29 is 13.9 Å². The van der Waals surface area contributed by atoms with Gasteiger partial charge in [0.05, 0.1) is 13.2 Å². The van der Waals surface area contributed by atoms with E-state index in [9.17, 15) is 4.39 Å². The zero-order valence-electron chi connectivity index (χ0n) is 13.7. The Morgan fingerprint density at radius 1 is 1.04 bits per heavy atom. The third-order valence-electron chi connectivity index (χ3n) is 3.69. The number of hydrogen-bond donors (Lipinski definition) is 1. The fourth-order valence-corrected chi connectivity index (χ4v) is 2.66. The molecular formula is C19H24FNO2. The quantitative estimate of drug-likeness (QED) is 0.803. The van der Waals surface area contributed by atoms with Gasteiger partial charge in [-0.3, -0.25) is 0 Å². The summed E-state index contributed by atoms with van der Waals surface area (Å²) in [5.41, 5.74) is 7.93. The molecular weight excluding hydrogens is 293 g/mol. The molecule has 2 N–H and O–H groups in total. The Bertz CT molecular complexity index is 631. The van der Waals surface area contributed by atoms with Crippen molar-refractivity contribution in [1.29, 1.82) is 0 Å². The lowest BCUT2D eigenvalue weighted by Crippen LogP contribution is -2.16. The second-order valence-corrected chi connectivity index (χ2v) is 5.33. The Morgan fingerprint density at radius 2 is 1.83 bits per heavy atom. The van der Waals surface area contributed by atoms with Gasteiger partial charge in [-0.15, -0.1) is 0 Å². The minimum absolute atomic E-state index is 0.0639. The highest BCUT2D eigenvalue weighted by molar-refractivity contribution is 5.43. The minimum Gasteiger partial charge on any atom is -0.494 e. The zero-order chi connectivity index (χ0) is 16.7. The summed E-state index contributed by atoms with van der Waals surface area (Å²) >= 11 is 0. The molecule has 0 spiro atoms. The van der Waals surface area contributed by atoms with E-state index in [0.29, 0.717) is 26.2 Å². The van der Waals surface area contributed by atoms with Gasteiger partial charge in [-0.25, -0.2) is 4.39 Å². The first-order valence-electron chi connectivity index (χ1n) is 8.02. The number of ether oxygens (including phenoxy) is 2. The summed E-state index contributed by atoms with van der Waals surface area (Å²) in [7, 11) is 0. The number of hydrogen-bond acceptors (Lipinski definition) is 3. The maximum absolute atomic E-state index is 13.4. The SMILES string of the molecule is CCOc1ccc(C(CN)Cc2cccc(F)c2)c(OCC)c1. The minimum atomic E-state index is -0.227. The van der Waals surface area contributed by atoms with Crippen molar-refractivity contribution in [3.8, 4) is 11.5 Å². The van der Waals surface area contributed by atoms with Crippen molar-refractivity contribution in [3.63, 3.8) is 0 Å². The van der Waals surface area contributed by atoms with E-state index in [-0.39, 0.29) is 11.7 Å². The largest absolute Gasteiger partial charge is 0.494 e. The second kappa shape index (κ2) is 8.53. The first-order valence-corrected chi connectivity index (χ1v) is 8.02. The van der Waals surface area contributed by atoms with E-state index in [2.05, 4.69) is 0 Å². The van der Waals surface area contributed by atoms with Gasteiger partial charge < -0.3 is 15.2 Å². The number of rotatable bonds is 8. The average Bonchev–Trinajstić information content (AvgIpc) is 2.54. The first-order chi connectivity index (χ1) is 11.2. The van der Waals surface area contributed by atoms with Crippen molar-refractivity contribution in [2.45, 2.75) is 26.2 Å². The summed E-state index contributed by atoms with van der Waals surface area (Å²) in [6.45, 7) is 5.53. The molecule has 1 atom stereocenters. The van der Waals surface area contributed by atoms with E-state index >= 15 is 0 Å². The van der Waals surface area contributed by atoms with Gasteiger partial charge in [0, 0.05) is 12.0 Å². The normalized spacial score (nSPS) is 12.0. The summed E-state index contributed by atoms with van der Waals surface area (Å²) in [6, 6.07) is 12.5. The molecule has 4 heteroatoms. The Labute approximate surface area is 137 Å². The van der Waals surface area contributed by atoms with Crippen LogP contribution in [0.4, 0.5) is 4.39 Å². The molecule has 0 fully saturated rings. The van der Waals surface area contributed by atoms with Gasteiger partial charge in [-0.05, 0) is 56.1 Å². The van der Waals surface area contributed by atoms with Crippen molar-refractivity contribution in [2.75, 3.05) is 19.8 Å². The highest BCUT2D eigenvalue weighted by Crippen LogP contribution is 2.32. The lowest BCUT2D eigenvalue weighted by molar-refractivity contribution is 0.319. The second-order valence-electron chi connectivity index (χ2n) is 5.33. The van der Waals surface area contributed by atoms with Crippen LogP contribution in [0.25, 0.3) is 0 Å². The van der Waals surface area contributed by atoms with E-state index in [1.54, 1.807) is 12.1 Å². The molecule has 124 valence electrons. The van der Waals surface area contributed by atoms with Gasteiger partial charge in [-0.1, -0.05) is 18.2 Å². The van der Waals surface area contributed by atoms with Gasteiger partial charge in [0.1, 0.15) is 17.3 Å². The Hall–Kier alpha value is -2.07. The fraction of sp³-hybridized carbons (Fsp3) is 0.368. The molecule has 0 aliphatic carbocycles. The van der Waals surface area contributed by atoms with Crippen LogP contribution in [0, 0.1) is 5.82 Å². The van der Waals surface area contributed by atoms with Gasteiger partial charge >= 0.3 is 0 Å². The summed E-state index contributed by atoms with van der Waals surface area (Å²) < 4.78 is 24.7. The summed E-state index contributed by atoms with van der Waals surface area (Å²) in [5, 5.41) is 0. The molecule has 0 heterocycles. The van der Waals surface area contributed by atoms with Crippen molar-refractivity contribution in [1.82, 2.24) is 0 Å². The molecule has 23 heavy (non-hydrogen) atoms. The average molecular weight is 317 g/mol. The Morgan fingerprint density at radius 3 is 2.48 bits per heavy atom. The Balaban J connectivity index is 2.28. The fourth-order valence-electron chi connectivity index (χ4n) is 2.66. The molecule has 3 nitrogen and oxygen atoms in total. The highest BCUT2D eigenvalue weighted by atomic mass is 19.1. The van der Waals surface area contributed by atoms with Gasteiger partial charge in [0.15, 0.2) is 0 Å². The predicted octanol–water partition coefficient (Wildman–Crippen LogP) is 3.91. The molecule has 2 rings (SSSR count). The molecule has 0 amide bonds. The zero-order valence-corrected chi connectivity index (χ0v) is 13.7. The van der Waals surface area contributed by atoms with E-state index in [0.717, 1.165) is 22.6 Å². The van der Waals surface area contributed by atoms with Gasteiger partial charge in [0.2, 0.25) is 0 Å². The predicted molar refractivity (Wildman–Crippen MR) is 90.7 cm³/mol. The van der Waals surface area contributed by atoms with Crippen LogP contribution in [0.15, 0.2) is 42.5 Å². The molecule has 0 bridgehead atoms. The maximum Gasteiger partial charge on any atom is 0.126 e. The molecule has 2 aromatic carbocycles. The molecule has 0 saturated carbocycles. The van der Waals surface area contributed by atoms with Crippen LogP contribution in [0.1, 0.15) is 30.9 Å². The lowest BCUT2D eigenvalue weighted by Gasteiger charge is -2.20. The standard InChI is InChI=1S/C19H24FNO2/c1-3-22-17-8-9-18(19(12-17)23-4-2)15(13-21)10-14-6-5-7-16(20)11-14/h5-9,11-12,15H,3-4,10,13,21H2,1-2H3. The Kier molecular flexibility index (Phi) is 6.41. The van der Waals surface area contributed by atoms with E-state index in [1.165, 1.54) is 6.07 Å². The molecule has 0 aromatic heterocycles. The topological polar surface area (TPSA) is 44.5 Å². The smallest absolute Gasteiger partial charge is 0.126 e. The summed E-state index contributed by atoms with van der Waals surface area (Å²) in [5.74, 6) is 1.40. The third-order valence-corrected chi connectivity index (χ3v) is 3.69.